The average Bonchev–Trinajstić information content (AvgIpc) is 2.69. The number of fused-ring (bicyclic) bond motifs is 3. The van der Waals surface area contributed by atoms with Crippen molar-refractivity contribution in [3.8, 4) is 5.75 Å². The van der Waals surface area contributed by atoms with Crippen molar-refractivity contribution in [1.29, 1.82) is 0 Å². The third-order valence-electron chi connectivity index (χ3n) is 5.58. The standard InChI is InChI=1S/C23H29NO6/c1-12(2)11-18(22(26)27)24-21(25)14(4)29-19-10-9-16-15-7-5-6-8-17(15)23(28)30-20(16)13(19)3/h9-10,12,14,18H,5-8,11H2,1-4H3,(H,24,25)(H,26,27)/t14-,18-/m0/s1. The van der Waals surface area contributed by atoms with Gasteiger partial charge in [-0.25, -0.2) is 9.59 Å². The summed E-state index contributed by atoms with van der Waals surface area (Å²) in [5.74, 6) is -1.02. The summed E-state index contributed by atoms with van der Waals surface area (Å²) < 4.78 is 11.4. The highest BCUT2D eigenvalue weighted by molar-refractivity contribution is 5.88. The zero-order valence-electron chi connectivity index (χ0n) is 17.9. The summed E-state index contributed by atoms with van der Waals surface area (Å²) in [6.07, 6.45) is 3.05. The largest absolute Gasteiger partial charge is 0.480 e. The monoisotopic (exact) mass is 415 g/mol. The van der Waals surface area contributed by atoms with Crippen LogP contribution in [0, 0.1) is 12.8 Å². The number of aliphatic carboxylic acids is 1. The first-order valence-corrected chi connectivity index (χ1v) is 10.5. The Kier molecular flexibility index (Phi) is 6.48. The molecule has 0 radical (unpaired) electrons. The van der Waals surface area contributed by atoms with Gasteiger partial charge in [-0.3, -0.25) is 4.79 Å². The van der Waals surface area contributed by atoms with E-state index in [9.17, 15) is 19.5 Å². The maximum absolute atomic E-state index is 12.5. The zero-order chi connectivity index (χ0) is 22.0. The van der Waals surface area contributed by atoms with Crippen molar-refractivity contribution in [3.63, 3.8) is 0 Å². The molecule has 7 heteroatoms. The van der Waals surface area contributed by atoms with Crippen molar-refractivity contribution in [3.05, 3.63) is 39.2 Å². The predicted molar refractivity (Wildman–Crippen MR) is 113 cm³/mol. The molecule has 1 aromatic carbocycles. The number of nitrogens with one attached hydrogen (secondary N) is 1. The highest BCUT2D eigenvalue weighted by atomic mass is 16.5. The lowest BCUT2D eigenvalue weighted by atomic mass is 9.90. The van der Waals surface area contributed by atoms with Gasteiger partial charge >= 0.3 is 11.6 Å². The van der Waals surface area contributed by atoms with Crippen LogP contribution in [0.3, 0.4) is 0 Å². The van der Waals surface area contributed by atoms with Crippen LogP contribution in [-0.4, -0.2) is 29.1 Å². The Balaban J connectivity index is 1.83. The second-order valence-corrected chi connectivity index (χ2v) is 8.41. The Labute approximate surface area is 175 Å². The molecule has 2 N–H and O–H groups in total. The zero-order valence-corrected chi connectivity index (χ0v) is 17.9. The van der Waals surface area contributed by atoms with E-state index in [2.05, 4.69) is 5.32 Å². The van der Waals surface area contributed by atoms with Gasteiger partial charge in [0.1, 0.15) is 17.4 Å². The SMILES string of the molecule is Cc1c(O[C@@H](C)C(=O)N[C@@H](CC(C)C)C(=O)O)ccc2c3c(c(=O)oc12)CCCC3. The summed E-state index contributed by atoms with van der Waals surface area (Å²) in [6.45, 7) is 7.15. The molecule has 0 aliphatic heterocycles. The summed E-state index contributed by atoms with van der Waals surface area (Å²) in [6, 6.07) is 2.68. The number of rotatable bonds is 7. The van der Waals surface area contributed by atoms with Gasteiger partial charge < -0.3 is 19.6 Å². The van der Waals surface area contributed by atoms with Crippen LogP contribution >= 0.6 is 0 Å². The van der Waals surface area contributed by atoms with Crippen LogP contribution in [0.15, 0.2) is 21.3 Å². The molecule has 1 heterocycles. The highest BCUT2D eigenvalue weighted by Gasteiger charge is 2.26. The highest BCUT2D eigenvalue weighted by Crippen LogP contribution is 2.32. The Bertz CT molecular complexity index is 1020. The van der Waals surface area contributed by atoms with Crippen molar-refractivity contribution in [2.45, 2.75) is 71.9 Å². The lowest BCUT2D eigenvalue weighted by molar-refractivity contribution is -0.143. The van der Waals surface area contributed by atoms with Gasteiger partial charge in [-0.2, -0.15) is 0 Å². The Hall–Kier alpha value is -2.83. The lowest BCUT2D eigenvalue weighted by Crippen LogP contribution is -2.46. The molecular formula is C23H29NO6. The fraction of sp³-hybridized carbons (Fsp3) is 0.522. The van der Waals surface area contributed by atoms with Gasteiger partial charge in [-0.15, -0.1) is 0 Å². The van der Waals surface area contributed by atoms with Gasteiger partial charge in [0.2, 0.25) is 0 Å². The minimum atomic E-state index is -1.07. The van der Waals surface area contributed by atoms with E-state index in [0.29, 0.717) is 23.3 Å². The Morgan fingerprint density at radius 1 is 1.17 bits per heavy atom. The van der Waals surface area contributed by atoms with Crippen LogP contribution in [0.1, 0.15) is 56.7 Å². The molecule has 3 rings (SSSR count). The molecule has 2 atom stereocenters. The van der Waals surface area contributed by atoms with Crippen LogP contribution in [0.4, 0.5) is 0 Å². The number of carboxylic acids is 1. The van der Waals surface area contributed by atoms with Crippen LogP contribution in [-0.2, 0) is 22.4 Å². The minimum absolute atomic E-state index is 0.124. The molecule has 1 aromatic heterocycles. The fourth-order valence-electron chi connectivity index (χ4n) is 3.98. The number of carboxylic acid groups (broad SMARTS) is 1. The predicted octanol–water partition coefficient (Wildman–Crippen LogP) is 3.36. The second-order valence-electron chi connectivity index (χ2n) is 8.41. The van der Waals surface area contributed by atoms with E-state index in [1.807, 2.05) is 19.9 Å². The average molecular weight is 415 g/mol. The number of aryl methyl sites for hydroxylation is 2. The van der Waals surface area contributed by atoms with Gasteiger partial charge in [0.25, 0.3) is 5.91 Å². The van der Waals surface area contributed by atoms with E-state index >= 15 is 0 Å². The third-order valence-corrected chi connectivity index (χ3v) is 5.58. The van der Waals surface area contributed by atoms with E-state index in [-0.39, 0.29) is 11.5 Å². The summed E-state index contributed by atoms with van der Waals surface area (Å²) >= 11 is 0. The smallest absolute Gasteiger partial charge is 0.339 e. The second kappa shape index (κ2) is 8.90. The third kappa shape index (κ3) is 4.50. The number of ether oxygens (including phenoxy) is 1. The molecule has 1 aliphatic rings. The summed E-state index contributed by atoms with van der Waals surface area (Å²) in [7, 11) is 0. The first-order valence-electron chi connectivity index (χ1n) is 10.5. The lowest BCUT2D eigenvalue weighted by Gasteiger charge is -2.21. The van der Waals surface area contributed by atoms with Gasteiger partial charge in [-0.05, 0) is 69.6 Å². The Morgan fingerprint density at radius 2 is 1.83 bits per heavy atom. The van der Waals surface area contributed by atoms with Gasteiger partial charge in [0, 0.05) is 16.5 Å². The molecule has 0 saturated heterocycles. The van der Waals surface area contributed by atoms with E-state index in [0.717, 1.165) is 42.2 Å². The number of amides is 1. The summed E-state index contributed by atoms with van der Waals surface area (Å²) in [4.78, 5) is 36.3. The van der Waals surface area contributed by atoms with Gasteiger partial charge in [-0.1, -0.05) is 13.8 Å². The molecular weight excluding hydrogens is 386 g/mol. The minimum Gasteiger partial charge on any atom is -0.480 e. The molecule has 1 aliphatic carbocycles. The molecule has 0 bridgehead atoms. The summed E-state index contributed by atoms with van der Waals surface area (Å²) in [5, 5.41) is 12.8. The maximum Gasteiger partial charge on any atom is 0.339 e. The number of hydrogen-bond donors (Lipinski definition) is 2. The van der Waals surface area contributed by atoms with E-state index in [1.165, 1.54) is 0 Å². The normalized spacial score (nSPS) is 15.5. The maximum atomic E-state index is 12.5. The molecule has 162 valence electrons. The van der Waals surface area contributed by atoms with E-state index in [1.54, 1.807) is 19.9 Å². The molecule has 1 amide bonds. The van der Waals surface area contributed by atoms with Gasteiger partial charge in [0.15, 0.2) is 6.10 Å². The molecule has 7 nitrogen and oxygen atoms in total. The molecule has 0 saturated carbocycles. The molecule has 2 aromatic rings. The molecule has 30 heavy (non-hydrogen) atoms. The number of carbonyl (C=O) groups excluding carboxylic acids is 1. The molecule has 0 unspecified atom stereocenters. The van der Waals surface area contributed by atoms with Crippen LogP contribution in [0.5, 0.6) is 5.75 Å². The van der Waals surface area contributed by atoms with E-state index < -0.39 is 24.0 Å². The van der Waals surface area contributed by atoms with Gasteiger partial charge in [0.05, 0.1) is 0 Å². The van der Waals surface area contributed by atoms with Crippen LogP contribution in [0.2, 0.25) is 0 Å². The van der Waals surface area contributed by atoms with Crippen molar-refractivity contribution in [2.75, 3.05) is 0 Å². The van der Waals surface area contributed by atoms with Crippen LogP contribution in [0.25, 0.3) is 11.0 Å². The van der Waals surface area contributed by atoms with Crippen LogP contribution < -0.4 is 15.7 Å². The van der Waals surface area contributed by atoms with Crippen molar-refractivity contribution < 1.29 is 23.8 Å². The number of benzene rings is 1. The fourth-order valence-corrected chi connectivity index (χ4v) is 3.98. The van der Waals surface area contributed by atoms with Crippen molar-refractivity contribution in [1.82, 2.24) is 5.32 Å². The molecule has 0 fully saturated rings. The number of hydrogen-bond acceptors (Lipinski definition) is 5. The topological polar surface area (TPSA) is 106 Å². The quantitative estimate of drug-likeness (QED) is 0.672. The molecule has 0 spiro atoms. The van der Waals surface area contributed by atoms with Crippen molar-refractivity contribution >= 4 is 22.8 Å². The van der Waals surface area contributed by atoms with E-state index in [4.69, 9.17) is 9.15 Å². The first-order chi connectivity index (χ1) is 14.2. The van der Waals surface area contributed by atoms with Crippen molar-refractivity contribution in [2.24, 2.45) is 5.92 Å². The first kappa shape index (κ1) is 21.9. The summed E-state index contributed by atoms with van der Waals surface area (Å²) in [5.41, 5.74) is 2.63. The Morgan fingerprint density at radius 3 is 2.47 bits per heavy atom. The number of carbonyl (C=O) groups is 2.